The summed E-state index contributed by atoms with van der Waals surface area (Å²) in [5.41, 5.74) is 5.82. The average Bonchev–Trinajstić information content (AvgIpc) is 3.13. The fourth-order valence-corrected chi connectivity index (χ4v) is 6.67. The number of methoxy groups -OCH3 is 2. The number of pyridine rings is 2. The molecule has 0 saturated heterocycles. The number of fused-ring (bicyclic) bond motifs is 4. The number of rotatable bonds is 16. The van der Waals surface area contributed by atoms with Crippen LogP contribution in [0.5, 0.6) is 11.5 Å². The molecule has 0 aliphatic carbocycles. The van der Waals surface area contributed by atoms with Gasteiger partial charge in [-0.25, -0.2) is 9.97 Å². The molecule has 2 N–H and O–H groups in total. The molecule has 258 valence electrons. The second kappa shape index (κ2) is 17.1. The summed E-state index contributed by atoms with van der Waals surface area (Å²) in [5.74, 6) is 1.64. The lowest BCUT2D eigenvalue weighted by Crippen LogP contribution is -2.21. The predicted octanol–water partition coefficient (Wildman–Crippen LogP) is 10.8. The minimum absolute atomic E-state index is 0.689. The Bertz CT molecular complexity index is 1900. The Hall–Kier alpha value is -4.04. The Morgan fingerprint density at radius 3 is 1.47 bits per heavy atom. The van der Waals surface area contributed by atoms with Crippen molar-refractivity contribution in [3.8, 4) is 11.5 Å². The molecule has 0 amide bonds. The molecule has 0 radical (unpaired) electrons. The van der Waals surface area contributed by atoms with E-state index in [1.165, 1.54) is 33.1 Å². The molecule has 7 nitrogen and oxygen atoms in total. The van der Waals surface area contributed by atoms with Gasteiger partial charge in [0.05, 0.1) is 47.7 Å². The molecule has 2 heterocycles. The summed E-state index contributed by atoms with van der Waals surface area (Å²) in [6, 6.07) is 23.8. The normalized spacial score (nSPS) is 11.5. The molecule has 2 aromatic heterocycles. The fourth-order valence-electron chi connectivity index (χ4n) is 6.33. The van der Waals surface area contributed by atoms with E-state index >= 15 is 0 Å². The van der Waals surface area contributed by atoms with E-state index in [-0.39, 0.29) is 0 Å². The lowest BCUT2D eigenvalue weighted by Gasteiger charge is -2.17. The minimum Gasteiger partial charge on any atom is -0.497 e. The number of unbranched alkanes of at least 4 members (excludes halogenated alkanes) is 4. The Morgan fingerprint density at radius 2 is 1.04 bits per heavy atom. The van der Waals surface area contributed by atoms with Crippen LogP contribution in [0.25, 0.3) is 43.6 Å². The van der Waals surface area contributed by atoms with Gasteiger partial charge in [0.1, 0.15) is 11.5 Å². The molecule has 0 spiro atoms. The first-order valence-electron chi connectivity index (χ1n) is 17.7. The maximum atomic E-state index is 6.29. The highest BCUT2D eigenvalue weighted by atomic mass is 35.5. The van der Waals surface area contributed by atoms with Crippen LogP contribution in [0.4, 0.5) is 11.4 Å². The molecule has 6 aromatic rings. The van der Waals surface area contributed by atoms with Crippen LogP contribution in [-0.2, 0) is 0 Å². The molecule has 0 saturated carbocycles. The monoisotopic (exact) mass is 700 g/mol. The van der Waals surface area contributed by atoms with Crippen molar-refractivity contribution >= 4 is 78.2 Å². The number of hydrogen-bond donors (Lipinski definition) is 2. The van der Waals surface area contributed by atoms with Gasteiger partial charge in [-0.2, -0.15) is 0 Å². The van der Waals surface area contributed by atoms with E-state index in [9.17, 15) is 0 Å². The van der Waals surface area contributed by atoms with Crippen molar-refractivity contribution in [1.29, 1.82) is 0 Å². The highest BCUT2D eigenvalue weighted by Crippen LogP contribution is 2.35. The van der Waals surface area contributed by atoms with Gasteiger partial charge in [-0.1, -0.05) is 43.4 Å². The second-order valence-electron chi connectivity index (χ2n) is 12.3. The van der Waals surface area contributed by atoms with Crippen LogP contribution in [0.15, 0.2) is 72.8 Å². The number of benzene rings is 4. The highest BCUT2D eigenvalue weighted by Gasteiger charge is 2.12. The summed E-state index contributed by atoms with van der Waals surface area (Å²) in [5, 5.41) is 13.1. The Balaban J connectivity index is 0.00000239. The van der Waals surface area contributed by atoms with E-state index in [4.69, 9.17) is 44.0 Å². The molecule has 0 bridgehead atoms. The van der Waals surface area contributed by atoms with E-state index in [1.54, 1.807) is 14.2 Å². The van der Waals surface area contributed by atoms with Crippen LogP contribution in [-0.4, -0.2) is 62.3 Å². The van der Waals surface area contributed by atoms with Crippen LogP contribution in [0.3, 0.4) is 0 Å². The van der Waals surface area contributed by atoms with E-state index in [2.05, 4.69) is 34.7 Å². The van der Waals surface area contributed by atoms with E-state index < -0.39 is 0 Å². The van der Waals surface area contributed by atoms with Crippen molar-refractivity contribution in [1.82, 2.24) is 14.9 Å². The molecule has 0 atom stereocenters. The van der Waals surface area contributed by atoms with E-state index in [0.29, 0.717) is 10.0 Å². The topological polar surface area (TPSA) is 71.5 Å². The quantitative estimate of drug-likeness (QED) is 0.0769. The van der Waals surface area contributed by atoms with Crippen molar-refractivity contribution < 1.29 is 10.8 Å². The van der Waals surface area contributed by atoms with Gasteiger partial charge in [-0.3, -0.25) is 0 Å². The van der Waals surface area contributed by atoms with Crippen molar-refractivity contribution in [2.75, 3.05) is 58.1 Å². The molecular weight excluding hydrogens is 653 g/mol. The number of nitrogens with one attached hydrogen (secondary N) is 2. The van der Waals surface area contributed by atoms with Gasteiger partial charge in [-0.05, 0) is 119 Å². The molecular formula is C40H47Cl2N5O2. The SMILES string of the molecule is COc1ccc2nc3cc(Cl)ccc3c(NCCCCCN(C)CCCCCNc3c4ccc(Cl)cc4nc4ccc(OC)cc34)c2c1.[2H]C. The first-order chi connectivity index (χ1) is 24.4. The Morgan fingerprint density at radius 1 is 0.592 bits per heavy atom. The van der Waals surface area contributed by atoms with Crippen molar-refractivity contribution in [2.24, 2.45) is 0 Å². The van der Waals surface area contributed by atoms with Crippen LogP contribution < -0.4 is 20.1 Å². The third-order valence-corrected chi connectivity index (χ3v) is 9.39. The molecule has 0 fully saturated rings. The van der Waals surface area contributed by atoms with Crippen molar-refractivity contribution in [3.05, 3.63) is 82.8 Å². The van der Waals surface area contributed by atoms with Gasteiger partial charge in [-0.15, -0.1) is 0 Å². The standard InChI is InChI=1S/C39H43Cl2N5O2.CH4/c1-46(20-8-4-6-18-42-38-30-14-10-26(40)22-36(30)44-34-16-12-28(47-2)24-32(34)38)21-9-5-7-19-43-39-31-15-11-27(41)23-37(31)45-35-17-13-29(48-3)25-33(35)39;/h10-17,22-25H,4-9,18-21H2,1-3H3,(H,42,44)(H,43,45);1H4/i;1D. The van der Waals surface area contributed by atoms with Gasteiger partial charge < -0.3 is 25.0 Å². The average molecular weight is 702 g/mol. The number of hydrogen-bond acceptors (Lipinski definition) is 7. The zero-order valence-corrected chi connectivity index (χ0v) is 30.4. The zero-order valence-electron chi connectivity index (χ0n) is 29.9. The number of halogens is 2. The minimum atomic E-state index is 0.689. The molecule has 9 heteroatoms. The van der Waals surface area contributed by atoms with E-state index in [1.807, 2.05) is 60.7 Å². The molecule has 49 heavy (non-hydrogen) atoms. The number of ether oxygens (including phenoxy) is 2. The second-order valence-corrected chi connectivity index (χ2v) is 13.2. The molecule has 6 rings (SSSR count). The molecule has 0 unspecified atom stereocenters. The third-order valence-electron chi connectivity index (χ3n) is 8.92. The lowest BCUT2D eigenvalue weighted by atomic mass is 10.1. The summed E-state index contributed by atoms with van der Waals surface area (Å²) >= 11 is 12.6. The van der Waals surface area contributed by atoms with Crippen LogP contribution >= 0.6 is 23.2 Å². The van der Waals surface area contributed by atoms with Gasteiger partial charge in [0.2, 0.25) is 0 Å². The zero-order chi connectivity index (χ0) is 35.5. The highest BCUT2D eigenvalue weighted by molar-refractivity contribution is 6.32. The third kappa shape index (κ3) is 8.77. The van der Waals surface area contributed by atoms with Crippen LogP contribution in [0, 0.1) is 0 Å². The number of anilines is 2. The van der Waals surface area contributed by atoms with Gasteiger partial charge in [0, 0.05) is 46.1 Å². The molecule has 0 aliphatic heterocycles. The van der Waals surface area contributed by atoms with Gasteiger partial charge >= 0.3 is 0 Å². The number of aromatic nitrogens is 2. The van der Waals surface area contributed by atoms with Crippen molar-refractivity contribution in [2.45, 2.75) is 45.9 Å². The Labute approximate surface area is 301 Å². The fraction of sp³-hybridized carbons (Fsp3) is 0.350. The van der Waals surface area contributed by atoms with Gasteiger partial charge in [0.25, 0.3) is 0 Å². The smallest absolute Gasteiger partial charge is 0.119 e. The Kier molecular flexibility index (Phi) is 12.1. The maximum absolute atomic E-state index is 6.29. The lowest BCUT2D eigenvalue weighted by molar-refractivity contribution is 0.317. The molecule has 0 aliphatic rings. The first kappa shape index (κ1) is 34.8. The largest absolute Gasteiger partial charge is 0.497 e. The molecule has 4 aromatic carbocycles. The first-order valence-corrected chi connectivity index (χ1v) is 17.5. The van der Waals surface area contributed by atoms with Crippen molar-refractivity contribution in [3.63, 3.8) is 0 Å². The summed E-state index contributed by atoms with van der Waals surface area (Å²) in [4.78, 5) is 12.1. The van der Waals surface area contributed by atoms with Crippen LogP contribution in [0.2, 0.25) is 10.0 Å². The summed E-state index contributed by atoms with van der Waals surface area (Å²) in [6.07, 6.45) is 6.88. The number of nitrogens with zero attached hydrogens (tertiary/aromatic N) is 3. The van der Waals surface area contributed by atoms with E-state index in [0.717, 1.165) is 106 Å². The maximum Gasteiger partial charge on any atom is 0.119 e. The van der Waals surface area contributed by atoms with Gasteiger partial charge in [0.15, 0.2) is 0 Å². The summed E-state index contributed by atoms with van der Waals surface area (Å²) < 4.78 is 16.7. The predicted molar refractivity (Wildman–Crippen MR) is 211 cm³/mol. The summed E-state index contributed by atoms with van der Waals surface area (Å²) in [6.45, 7) is 4.00. The summed E-state index contributed by atoms with van der Waals surface area (Å²) in [7, 11) is 6.87. The van der Waals surface area contributed by atoms with Crippen LogP contribution in [0.1, 0.15) is 47.3 Å².